The van der Waals surface area contributed by atoms with Crippen LogP contribution in [0.25, 0.3) is 0 Å². The molecule has 2 fully saturated rings. The van der Waals surface area contributed by atoms with Gasteiger partial charge in [0.15, 0.2) is 0 Å². The normalized spacial score (nSPS) is 19.6. The summed E-state index contributed by atoms with van der Waals surface area (Å²) in [6.45, 7) is 1.42. The number of carboxylic acids is 1. The number of hydroxylamine groups is 2. The van der Waals surface area contributed by atoms with Gasteiger partial charge >= 0.3 is 18.1 Å². The number of carbonyl (C=O) groups is 6. The lowest BCUT2D eigenvalue weighted by atomic mass is 9.82. The standard InChI is InChI=1S/C33H34N2O9.C18H14O3/c1-21(43-33(40)44-35-30(37)16-17-31(35)38)42-32(39)25-12-10-22(11-13-25)19-34-29(36)20-41-28-18-26-8-3-2-6-23(26)14-15-24-7-4-5-9-27(24)28;19-18(20)12-21-17-11-15-7-2-1-5-13(15)9-10-14-6-3-4-8-16(14)17/h2-9,21-22,25,28H,10-13,16-20H2,1H3,(H,34,36);1-8,17H,11-12H2,(H,19,20). The van der Waals surface area contributed by atoms with Crippen molar-refractivity contribution in [1.29, 1.82) is 0 Å². The molecule has 3 aliphatic carbocycles. The highest BCUT2D eigenvalue weighted by Crippen LogP contribution is 2.32. The van der Waals surface area contributed by atoms with Crippen LogP contribution in [-0.2, 0) is 60.6 Å². The molecular formula is C51H48N2O12. The summed E-state index contributed by atoms with van der Waals surface area (Å²) < 4.78 is 21.8. The Morgan fingerprint density at radius 3 is 1.68 bits per heavy atom. The molecule has 4 aromatic carbocycles. The summed E-state index contributed by atoms with van der Waals surface area (Å²) in [6.07, 6.45) is 0.501. The third-order valence-corrected chi connectivity index (χ3v) is 11.4. The molecule has 1 heterocycles. The maximum atomic E-state index is 12.7. The summed E-state index contributed by atoms with van der Waals surface area (Å²) in [5.74, 6) is 9.69. The maximum absolute atomic E-state index is 12.7. The minimum Gasteiger partial charge on any atom is -0.480 e. The highest BCUT2D eigenvalue weighted by molar-refractivity contribution is 6.01. The summed E-state index contributed by atoms with van der Waals surface area (Å²) in [6, 6.07) is 31.4. The van der Waals surface area contributed by atoms with Crippen molar-refractivity contribution >= 4 is 35.8 Å². The number of imide groups is 1. The first kappa shape index (κ1) is 45.8. The zero-order valence-corrected chi connectivity index (χ0v) is 35.8. The highest BCUT2D eigenvalue weighted by Gasteiger charge is 2.35. The van der Waals surface area contributed by atoms with Crippen molar-refractivity contribution in [2.75, 3.05) is 19.8 Å². The molecule has 2 N–H and O–H groups in total. The maximum Gasteiger partial charge on any atom is 0.537 e. The first-order valence-corrected chi connectivity index (χ1v) is 21.5. The molecule has 0 spiro atoms. The monoisotopic (exact) mass is 880 g/mol. The average molecular weight is 881 g/mol. The number of nitrogens with one attached hydrogen (secondary N) is 1. The molecule has 4 aliphatic rings. The molecule has 1 saturated carbocycles. The minimum atomic E-state index is -1.31. The van der Waals surface area contributed by atoms with Crippen LogP contribution in [0.3, 0.4) is 0 Å². The van der Waals surface area contributed by atoms with E-state index in [4.69, 9.17) is 24.1 Å². The third kappa shape index (κ3) is 12.5. The molecule has 65 heavy (non-hydrogen) atoms. The van der Waals surface area contributed by atoms with Gasteiger partial charge in [-0.3, -0.25) is 24.0 Å². The lowest BCUT2D eigenvalue weighted by Gasteiger charge is -2.28. The van der Waals surface area contributed by atoms with E-state index < -0.39 is 36.2 Å². The molecule has 0 bridgehead atoms. The molecular weight excluding hydrogens is 833 g/mol. The van der Waals surface area contributed by atoms with E-state index in [1.54, 1.807) is 0 Å². The number of hydrogen-bond acceptors (Lipinski definition) is 11. The van der Waals surface area contributed by atoms with Gasteiger partial charge in [0, 0.05) is 61.4 Å². The van der Waals surface area contributed by atoms with Crippen LogP contribution in [0.1, 0.15) is 102 Å². The van der Waals surface area contributed by atoms with Gasteiger partial charge in [-0.1, -0.05) is 102 Å². The number of rotatable bonds is 12. The first-order chi connectivity index (χ1) is 31.5. The number of amides is 3. The van der Waals surface area contributed by atoms with Crippen LogP contribution in [-0.4, -0.2) is 72.0 Å². The van der Waals surface area contributed by atoms with Gasteiger partial charge in [0.25, 0.3) is 11.8 Å². The van der Waals surface area contributed by atoms with Crippen molar-refractivity contribution < 1.29 is 57.7 Å². The number of fused-ring (bicyclic) bond motifs is 4. The van der Waals surface area contributed by atoms with Crippen molar-refractivity contribution in [1.82, 2.24) is 10.4 Å². The summed E-state index contributed by atoms with van der Waals surface area (Å²) in [7, 11) is 0. The molecule has 1 saturated heterocycles. The second kappa shape index (κ2) is 21.9. The van der Waals surface area contributed by atoms with Crippen LogP contribution in [0.5, 0.6) is 0 Å². The van der Waals surface area contributed by atoms with E-state index in [9.17, 15) is 28.8 Å². The zero-order chi connectivity index (χ0) is 45.7. The fraction of sp³-hybridized carbons (Fsp3) is 0.333. The number of carbonyl (C=O) groups excluding carboxylic acids is 5. The molecule has 3 unspecified atom stereocenters. The zero-order valence-electron chi connectivity index (χ0n) is 35.8. The number of esters is 1. The summed E-state index contributed by atoms with van der Waals surface area (Å²) in [5.41, 5.74) is 7.76. The van der Waals surface area contributed by atoms with Gasteiger partial charge in [-0.15, -0.1) is 0 Å². The van der Waals surface area contributed by atoms with Crippen LogP contribution in [0.15, 0.2) is 97.1 Å². The Bertz CT molecular complexity index is 2540. The second-order valence-electron chi connectivity index (χ2n) is 16.0. The van der Waals surface area contributed by atoms with E-state index in [1.165, 1.54) is 6.92 Å². The first-order valence-electron chi connectivity index (χ1n) is 21.5. The van der Waals surface area contributed by atoms with Gasteiger partial charge in [0.2, 0.25) is 12.2 Å². The number of nitrogens with zero attached hydrogens (tertiary/aromatic N) is 1. The minimum absolute atomic E-state index is 0.0439. The van der Waals surface area contributed by atoms with Gasteiger partial charge in [-0.25, -0.2) is 9.59 Å². The highest BCUT2D eigenvalue weighted by atomic mass is 16.9. The Labute approximate surface area is 376 Å². The molecule has 8 rings (SSSR count). The van der Waals surface area contributed by atoms with Gasteiger partial charge in [-0.05, 0) is 78.1 Å². The smallest absolute Gasteiger partial charge is 0.480 e. The number of aliphatic carboxylic acids is 1. The second-order valence-corrected chi connectivity index (χ2v) is 16.0. The Hall–Kier alpha value is -7.26. The summed E-state index contributed by atoms with van der Waals surface area (Å²) >= 11 is 0. The molecule has 0 radical (unpaired) electrons. The largest absolute Gasteiger partial charge is 0.537 e. The number of hydrogen-bond donors (Lipinski definition) is 2. The van der Waals surface area contributed by atoms with Crippen LogP contribution in [0.4, 0.5) is 4.79 Å². The molecule has 4 aromatic rings. The van der Waals surface area contributed by atoms with E-state index >= 15 is 0 Å². The van der Waals surface area contributed by atoms with E-state index in [-0.39, 0.29) is 56.0 Å². The molecule has 14 heteroatoms. The van der Waals surface area contributed by atoms with Crippen LogP contribution in [0.2, 0.25) is 0 Å². The van der Waals surface area contributed by atoms with Crippen molar-refractivity contribution in [3.05, 3.63) is 142 Å². The Morgan fingerprint density at radius 2 is 1.14 bits per heavy atom. The molecule has 3 atom stereocenters. The van der Waals surface area contributed by atoms with Crippen molar-refractivity contribution in [2.24, 2.45) is 11.8 Å². The predicted octanol–water partition coefficient (Wildman–Crippen LogP) is 6.51. The van der Waals surface area contributed by atoms with Gasteiger partial charge < -0.3 is 29.4 Å². The summed E-state index contributed by atoms with van der Waals surface area (Å²) in [4.78, 5) is 75.7. The van der Waals surface area contributed by atoms with Gasteiger partial charge in [0.05, 0.1) is 18.1 Å². The quantitative estimate of drug-likeness (QED) is 0.0682. The number of carboxylic acid groups (broad SMARTS) is 1. The molecule has 0 aromatic heterocycles. The Balaban J connectivity index is 0.000000249. The van der Waals surface area contributed by atoms with Crippen LogP contribution >= 0.6 is 0 Å². The number of benzene rings is 4. The Morgan fingerprint density at radius 1 is 0.662 bits per heavy atom. The average Bonchev–Trinajstić information content (AvgIpc) is 3.61. The lowest BCUT2D eigenvalue weighted by Crippen LogP contribution is -2.36. The SMILES string of the molecule is CC(OC(=O)ON1C(=O)CCC1=O)OC(=O)C1CCC(CNC(=O)COC2Cc3ccccc3C#Cc3ccccc32)CC1.O=C(O)COC1Cc2ccccc2C#Cc2ccccc21. The molecule has 14 nitrogen and oxygen atoms in total. The molecule has 1 aliphatic heterocycles. The third-order valence-electron chi connectivity index (χ3n) is 11.4. The fourth-order valence-electron chi connectivity index (χ4n) is 8.04. The van der Waals surface area contributed by atoms with E-state index in [1.807, 2.05) is 97.1 Å². The van der Waals surface area contributed by atoms with Crippen LogP contribution in [0, 0.1) is 35.5 Å². The molecule has 3 amide bonds. The van der Waals surface area contributed by atoms with E-state index in [0.29, 0.717) is 50.1 Å². The van der Waals surface area contributed by atoms with E-state index in [2.05, 4.69) is 33.8 Å². The molecule has 334 valence electrons. The van der Waals surface area contributed by atoms with Gasteiger partial charge in [0.1, 0.15) is 13.2 Å². The summed E-state index contributed by atoms with van der Waals surface area (Å²) in [5, 5.41) is 12.2. The number of ether oxygens (including phenoxy) is 4. The van der Waals surface area contributed by atoms with Crippen molar-refractivity contribution in [2.45, 2.75) is 76.8 Å². The van der Waals surface area contributed by atoms with Gasteiger partial charge in [-0.2, -0.15) is 0 Å². The Kier molecular flexibility index (Phi) is 15.4. The van der Waals surface area contributed by atoms with E-state index in [0.717, 1.165) is 44.5 Å². The van der Waals surface area contributed by atoms with Crippen molar-refractivity contribution in [3.63, 3.8) is 0 Å². The predicted molar refractivity (Wildman–Crippen MR) is 233 cm³/mol. The van der Waals surface area contributed by atoms with Crippen molar-refractivity contribution in [3.8, 4) is 23.7 Å². The lowest BCUT2D eigenvalue weighted by molar-refractivity contribution is -0.193. The van der Waals surface area contributed by atoms with Crippen LogP contribution < -0.4 is 5.32 Å². The fourth-order valence-corrected chi connectivity index (χ4v) is 8.04. The topological polar surface area (TPSA) is 184 Å².